The molecule has 1 aliphatic rings. The lowest BCUT2D eigenvalue weighted by molar-refractivity contribution is -0.384. The van der Waals surface area contributed by atoms with E-state index in [-0.39, 0.29) is 11.3 Å². The number of hydrogen-bond acceptors (Lipinski definition) is 3. The van der Waals surface area contributed by atoms with Gasteiger partial charge >= 0.3 is 0 Å². The topological polar surface area (TPSA) is 52.4 Å². The van der Waals surface area contributed by atoms with E-state index in [2.05, 4.69) is 4.74 Å². The van der Waals surface area contributed by atoms with E-state index in [1.54, 1.807) is 0 Å². The Hall–Kier alpha value is -1.49. The lowest BCUT2D eigenvalue weighted by Crippen LogP contribution is -2.05. The third-order valence-electron chi connectivity index (χ3n) is 2.32. The van der Waals surface area contributed by atoms with Gasteiger partial charge in [0.05, 0.1) is 9.04 Å². The Kier molecular flexibility index (Phi) is 1.35. The Labute approximate surface area is 91.4 Å². The van der Waals surface area contributed by atoms with Gasteiger partial charge in [-0.25, -0.2) is 4.39 Å². The molecule has 2 atom stereocenters. The summed E-state index contributed by atoms with van der Waals surface area (Å²) >= 11 is 0. The van der Waals surface area contributed by atoms with Gasteiger partial charge < -0.3 is 4.74 Å². The van der Waals surface area contributed by atoms with Crippen LogP contribution in [0.2, 0.25) is 0 Å². The van der Waals surface area contributed by atoms with Crippen LogP contribution in [0.4, 0.5) is 10.1 Å². The number of methoxy groups -OCH3 is 1. The molecule has 80 valence electrons. The molecule has 1 aliphatic carbocycles. The highest BCUT2D eigenvalue weighted by Crippen LogP contribution is 2.55. The van der Waals surface area contributed by atoms with Crippen molar-refractivity contribution in [2.24, 2.45) is 0 Å². The molecule has 0 unspecified atom stereocenters. The van der Waals surface area contributed by atoms with Crippen molar-refractivity contribution in [2.75, 3.05) is 7.04 Å². The van der Waals surface area contributed by atoms with Crippen molar-refractivity contribution < 1.29 is 19.5 Å². The molecule has 0 saturated heterocycles. The Morgan fingerprint density at radius 1 is 1.73 bits per heavy atom. The van der Waals surface area contributed by atoms with E-state index in [4.69, 9.17) is 5.48 Å². The Morgan fingerprint density at radius 2 is 2.40 bits per heavy atom. The van der Waals surface area contributed by atoms with Crippen LogP contribution in [0.5, 0.6) is 0 Å². The lowest BCUT2D eigenvalue weighted by Gasteiger charge is -2.04. The van der Waals surface area contributed by atoms with Crippen molar-refractivity contribution >= 4 is 5.69 Å². The number of nitrogens with zero attached hydrogens (tertiary/aromatic N) is 1. The maximum Gasteiger partial charge on any atom is 0.269 e. The normalized spacial score (nSPS) is 38.5. The summed E-state index contributed by atoms with van der Waals surface area (Å²) in [7, 11) is -2.93. The molecule has 2 rings (SSSR count). The smallest absolute Gasteiger partial charge is 0.269 e. The second kappa shape index (κ2) is 3.27. The molecular formula is C10H10FNO3. The molecule has 0 radical (unpaired) electrons. The number of nitro groups is 1. The van der Waals surface area contributed by atoms with Gasteiger partial charge in [-0.1, -0.05) is 12.1 Å². The van der Waals surface area contributed by atoms with Gasteiger partial charge in [-0.05, 0) is 5.56 Å². The SMILES string of the molecule is [2H]C([2H])([2H])O[C@]1(F)C[C@]1([2H])c1ccc([N+](=O)[O-])cc1. The van der Waals surface area contributed by atoms with E-state index in [9.17, 15) is 14.5 Å². The number of ether oxygens (including phenoxy) is 1. The van der Waals surface area contributed by atoms with E-state index < -0.39 is 30.1 Å². The average molecular weight is 215 g/mol. The predicted octanol–water partition coefficient (Wildman–Crippen LogP) is 2.39. The molecule has 15 heavy (non-hydrogen) atoms. The average Bonchev–Trinajstić information content (AvgIpc) is 2.79. The van der Waals surface area contributed by atoms with Gasteiger partial charge in [0.2, 0.25) is 5.85 Å². The number of halogens is 1. The fourth-order valence-electron chi connectivity index (χ4n) is 1.38. The molecule has 1 saturated carbocycles. The van der Waals surface area contributed by atoms with Crippen molar-refractivity contribution in [2.45, 2.75) is 18.2 Å². The molecule has 4 nitrogen and oxygen atoms in total. The minimum Gasteiger partial charge on any atom is -0.349 e. The van der Waals surface area contributed by atoms with Crippen LogP contribution in [-0.2, 0) is 4.74 Å². The summed E-state index contributed by atoms with van der Waals surface area (Å²) in [5, 5.41) is 10.5. The molecule has 0 bridgehead atoms. The quantitative estimate of drug-likeness (QED) is 0.574. The fraction of sp³-hybridized carbons (Fsp3) is 0.400. The highest BCUT2D eigenvalue weighted by molar-refractivity contribution is 5.37. The maximum absolute atomic E-state index is 14.1. The van der Waals surface area contributed by atoms with Crippen molar-refractivity contribution in [3.8, 4) is 0 Å². The largest absolute Gasteiger partial charge is 0.349 e. The maximum atomic E-state index is 14.1. The van der Waals surface area contributed by atoms with E-state index in [0.717, 1.165) is 12.1 Å². The predicted molar refractivity (Wildman–Crippen MR) is 51.3 cm³/mol. The number of non-ortho nitro benzene ring substituents is 1. The molecule has 1 aromatic rings. The number of rotatable bonds is 3. The van der Waals surface area contributed by atoms with Crippen LogP contribution in [0.25, 0.3) is 0 Å². The van der Waals surface area contributed by atoms with Gasteiger partial charge in [0.1, 0.15) is 0 Å². The van der Waals surface area contributed by atoms with Crippen molar-refractivity contribution in [1.82, 2.24) is 0 Å². The molecule has 0 aliphatic heterocycles. The van der Waals surface area contributed by atoms with Crippen LogP contribution >= 0.6 is 0 Å². The summed E-state index contributed by atoms with van der Waals surface area (Å²) in [6.07, 6.45) is -0.420. The second-order valence-electron chi connectivity index (χ2n) is 3.29. The molecule has 0 aromatic heterocycles. The van der Waals surface area contributed by atoms with E-state index in [1.807, 2.05) is 0 Å². The number of nitro benzene ring substituents is 1. The molecule has 0 heterocycles. The minimum absolute atomic E-state index is 0.143. The fourth-order valence-corrected chi connectivity index (χ4v) is 1.38. The summed E-state index contributed by atoms with van der Waals surface area (Å²) in [6, 6.07) is 4.74. The molecule has 5 heteroatoms. The third kappa shape index (κ3) is 1.70. The lowest BCUT2D eigenvalue weighted by atomic mass is 10.1. The van der Waals surface area contributed by atoms with Crippen molar-refractivity contribution in [3.05, 3.63) is 39.9 Å². The summed E-state index contributed by atoms with van der Waals surface area (Å²) in [4.78, 5) is 9.86. The van der Waals surface area contributed by atoms with Crippen LogP contribution in [0.3, 0.4) is 0 Å². The van der Waals surface area contributed by atoms with Crippen molar-refractivity contribution in [3.63, 3.8) is 0 Å². The zero-order valence-electron chi connectivity index (χ0n) is 11.6. The zero-order chi connectivity index (χ0) is 14.5. The first-order chi connectivity index (χ1) is 8.57. The monoisotopic (exact) mass is 215 g/mol. The first-order valence-corrected chi connectivity index (χ1v) is 4.21. The summed E-state index contributed by atoms with van der Waals surface area (Å²) < 4.78 is 46.8. The summed E-state index contributed by atoms with van der Waals surface area (Å²) in [6.45, 7) is 0. The Bertz CT molecular complexity index is 521. The number of hydrogen-bond donors (Lipinski definition) is 0. The second-order valence-corrected chi connectivity index (χ2v) is 3.29. The number of benzene rings is 1. The Morgan fingerprint density at radius 3 is 2.93 bits per heavy atom. The van der Waals surface area contributed by atoms with Gasteiger partial charge in [-0.3, -0.25) is 10.1 Å². The van der Waals surface area contributed by atoms with Gasteiger partial charge in [0.25, 0.3) is 5.69 Å². The highest BCUT2D eigenvalue weighted by Gasteiger charge is 2.57. The van der Waals surface area contributed by atoms with Crippen LogP contribution in [0.1, 0.15) is 23.4 Å². The minimum atomic E-state index is -2.93. The zero-order valence-corrected chi connectivity index (χ0v) is 7.57. The number of alkyl halides is 1. The Balaban J connectivity index is 2.21. The van der Waals surface area contributed by atoms with Crippen LogP contribution in [0.15, 0.2) is 24.3 Å². The molecule has 0 amide bonds. The van der Waals surface area contributed by atoms with Gasteiger partial charge in [0.15, 0.2) is 0 Å². The summed E-state index contributed by atoms with van der Waals surface area (Å²) in [5.41, 5.74) is -0.0425. The molecule has 0 spiro atoms. The summed E-state index contributed by atoms with van der Waals surface area (Å²) in [5.74, 6) is -4.43. The first kappa shape index (κ1) is 6.17. The van der Waals surface area contributed by atoms with Crippen LogP contribution in [-0.4, -0.2) is 17.8 Å². The molecular weight excluding hydrogens is 201 g/mol. The first-order valence-electron chi connectivity index (χ1n) is 6.21. The van der Waals surface area contributed by atoms with E-state index in [0.29, 0.717) is 0 Å². The standard InChI is InChI=1S/C10H10FNO3/c1-15-10(11)6-9(10)7-2-4-8(5-3-7)12(13)14/h2-5,9H,6H2,1H3/t9-,10-/m1/s1/i1D3,9D. The molecule has 1 fully saturated rings. The van der Waals surface area contributed by atoms with Gasteiger partial charge in [-0.15, -0.1) is 0 Å². The van der Waals surface area contributed by atoms with Crippen LogP contribution < -0.4 is 0 Å². The van der Waals surface area contributed by atoms with Gasteiger partial charge in [-0.2, -0.15) is 0 Å². The highest BCUT2D eigenvalue weighted by atomic mass is 19.2. The third-order valence-corrected chi connectivity index (χ3v) is 2.32. The van der Waals surface area contributed by atoms with Gasteiger partial charge in [0, 0.05) is 32.9 Å². The van der Waals surface area contributed by atoms with E-state index in [1.165, 1.54) is 12.1 Å². The molecule has 1 aromatic carbocycles. The van der Waals surface area contributed by atoms with Crippen molar-refractivity contribution in [1.29, 1.82) is 0 Å². The van der Waals surface area contributed by atoms with E-state index >= 15 is 0 Å². The van der Waals surface area contributed by atoms with Crippen LogP contribution in [0, 0.1) is 10.1 Å². The molecule has 0 N–H and O–H groups in total.